The van der Waals surface area contributed by atoms with Gasteiger partial charge >= 0.3 is 0 Å². The summed E-state index contributed by atoms with van der Waals surface area (Å²) in [5, 5.41) is 11.3. The number of carbonyl (C=O) groups is 1. The molecule has 5 nitrogen and oxygen atoms in total. The van der Waals surface area contributed by atoms with E-state index < -0.39 is 0 Å². The molecule has 0 aliphatic heterocycles. The van der Waals surface area contributed by atoms with Gasteiger partial charge in [0.1, 0.15) is 6.29 Å². The van der Waals surface area contributed by atoms with E-state index in [4.69, 9.17) is 0 Å². The third kappa shape index (κ3) is 8.84. The molecular weight excluding hydrogens is 288 g/mol. The second kappa shape index (κ2) is 12.2. The highest BCUT2D eigenvalue weighted by Crippen LogP contribution is 2.41. The highest BCUT2D eigenvalue weighted by molar-refractivity contribution is 5.61. The first-order valence-electron chi connectivity index (χ1n) is 9.01. The summed E-state index contributed by atoms with van der Waals surface area (Å²) in [5.41, 5.74) is 0.813. The molecule has 1 saturated carbocycles. The van der Waals surface area contributed by atoms with Crippen LogP contribution in [0.2, 0.25) is 0 Å². The molecule has 0 bridgehead atoms. The van der Waals surface area contributed by atoms with Crippen molar-refractivity contribution in [3.8, 4) is 0 Å². The maximum Gasteiger partial charge on any atom is 0.126 e. The number of aldehydes is 1. The Labute approximate surface area is 142 Å². The molecule has 2 rings (SSSR count). The van der Waals surface area contributed by atoms with Crippen molar-refractivity contribution in [3.05, 3.63) is 11.9 Å². The summed E-state index contributed by atoms with van der Waals surface area (Å²) >= 11 is 0. The first-order chi connectivity index (χ1) is 11.0. The monoisotopic (exact) mass is 324 g/mol. The molecule has 0 amide bonds. The summed E-state index contributed by atoms with van der Waals surface area (Å²) in [6, 6.07) is 0. The van der Waals surface area contributed by atoms with Gasteiger partial charge in [-0.05, 0) is 38.8 Å². The standard InChI is InChI=1S/C12H20N4O.C4H10.C2H6/c1-13-6-3-7-16-9-11(14-15-16)8-12(10-17)4-2-5-12;1-4(2)3;1-2/h9-10,13H,2-8H2,1H3;4H,1-3H3;1-2H3. The number of nitrogens with zero attached hydrogens (tertiary/aromatic N) is 3. The number of hydrogen-bond donors (Lipinski definition) is 1. The number of rotatable bonds is 7. The van der Waals surface area contributed by atoms with Crippen molar-refractivity contribution >= 4 is 6.29 Å². The first kappa shape index (κ1) is 21.8. The highest BCUT2D eigenvalue weighted by atomic mass is 16.1. The van der Waals surface area contributed by atoms with E-state index in [0.29, 0.717) is 0 Å². The molecule has 0 atom stereocenters. The van der Waals surface area contributed by atoms with Gasteiger partial charge in [0.05, 0.1) is 5.69 Å². The molecule has 1 heterocycles. The van der Waals surface area contributed by atoms with Crippen molar-refractivity contribution in [2.24, 2.45) is 11.3 Å². The Bertz CT molecular complexity index is 408. The summed E-state index contributed by atoms with van der Waals surface area (Å²) < 4.78 is 1.86. The van der Waals surface area contributed by atoms with E-state index in [-0.39, 0.29) is 5.41 Å². The zero-order valence-corrected chi connectivity index (χ0v) is 15.9. The van der Waals surface area contributed by atoms with Gasteiger partial charge in [-0.15, -0.1) is 5.10 Å². The fourth-order valence-electron chi connectivity index (χ4n) is 2.27. The Balaban J connectivity index is 0.000000705. The molecule has 23 heavy (non-hydrogen) atoms. The van der Waals surface area contributed by atoms with Crippen LogP contribution in [0.4, 0.5) is 0 Å². The SMILES string of the molecule is CC.CC(C)C.CNCCCn1cc(CC2(C=O)CCC2)nn1. The van der Waals surface area contributed by atoms with E-state index in [1.165, 1.54) is 0 Å². The zero-order chi connectivity index (χ0) is 17.7. The summed E-state index contributed by atoms with van der Waals surface area (Å²) in [6.07, 6.45) is 8.04. The minimum absolute atomic E-state index is 0.133. The Morgan fingerprint density at radius 1 is 1.35 bits per heavy atom. The lowest BCUT2D eigenvalue weighted by Gasteiger charge is -2.35. The number of hydrogen-bond acceptors (Lipinski definition) is 4. The summed E-state index contributed by atoms with van der Waals surface area (Å²) in [5.74, 6) is 0.833. The Hall–Kier alpha value is -1.23. The van der Waals surface area contributed by atoms with Gasteiger partial charge in [0, 0.05) is 24.6 Å². The molecule has 0 saturated heterocycles. The van der Waals surface area contributed by atoms with Crippen LogP contribution in [0, 0.1) is 11.3 Å². The average Bonchev–Trinajstić information content (AvgIpc) is 2.92. The predicted molar refractivity (Wildman–Crippen MR) is 96.5 cm³/mol. The summed E-state index contributed by atoms with van der Waals surface area (Å²) in [6.45, 7) is 12.4. The minimum atomic E-state index is -0.133. The van der Waals surface area contributed by atoms with Crippen molar-refractivity contribution in [1.82, 2.24) is 20.3 Å². The normalized spacial score (nSPS) is 14.9. The molecular formula is C18H36N4O. The maximum atomic E-state index is 11.1. The highest BCUT2D eigenvalue weighted by Gasteiger charge is 2.37. The van der Waals surface area contributed by atoms with Crippen LogP contribution in [-0.4, -0.2) is 34.9 Å². The second-order valence-electron chi connectivity index (χ2n) is 6.67. The molecule has 1 fully saturated rings. The van der Waals surface area contributed by atoms with Gasteiger partial charge in [0.2, 0.25) is 0 Å². The van der Waals surface area contributed by atoms with Gasteiger partial charge in [-0.3, -0.25) is 4.68 Å². The van der Waals surface area contributed by atoms with E-state index in [9.17, 15) is 4.79 Å². The molecule has 134 valence electrons. The number of nitrogens with one attached hydrogen (secondary N) is 1. The molecule has 5 heteroatoms. The van der Waals surface area contributed by atoms with Gasteiger partial charge < -0.3 is 10.1 Å². The minimum Gasteiger partial charge on any atom is -0.320 e. The Morgan fingerprint density at radius 2 is 1.96 bits per heavy atom. The fraction of sp³-hybridized carbons (Fsp3) is 0.833. The Kier molecular flexibility index (Phi) is 11.6. The van der Waals surface area contributed by atoms with Crippen LogP contribution < -0.4 is 5.32 Å². The zero-order valence-electron chi connectivity index (χ0n) is 15.9. The number of aryl methyl sites for hydroxylation is 1. The maximum absolute atomic E-state index is 11.1. The molecule has 0 spiro atoms. The van der Waals surface area contributed by atoms with Gasteiger partial charge in [0.25, 0.3) is 0 Å². The third-order valence-corrected chi connectivity index (χ3v) is 3.53. The first-order valence-corrected chi connectivity index (χ1v) is 9.01. The molecule has 1 aromatic rings. The van der Waals surface area contributed by atoms with E-state index >= 15 is 0 Å². The number of carbonyl (C=O) groups excluding carboxylic acids is 1. The van der Waals surface area contributed by atoms with Crippen molar-refractivity contribution < 1.29 is 4.79 Å². The van der Waals surface area contributed by atoms with E-state index in [1.807, 2.05) is 31.8 Å². The fourth-order valence-corrected chi connectivity index (χ4v) is 2.27. The number of aromatic nitrogens is 3. The molecule has 1 aliphatic rings. The lowest BCUT2D eigenvalue weighted by molar-refractivity contribution is -0.120. The smallest absolute Gasteiger partial charge is 0.126 e. The van der Waals surface area contributed by atoms with Crippen LogP contribution in [0.25, 0.3) is 0 Å². The third-order valence-electron chi connectivity index (χ3n) is 3.53. The van der Waals surface area contributed by atoms with Crippen LogP contribution >= 0.6 is 0 Å². The summed E-state index contributed by atoms with van der Waals surface area (Å²) in [7, 11) is 1.94. The van der Waals surface area contributed by atoms with Gasteiger partial charge in [-0.25, -0.2) is 0 Å². The molecule has 0 aromatic carbocycles. The van der Waals surface area contributed by atoms with Crippen LogP contribution in [0.1, 0.15) is 66.0 Å². The average molecular weight is 325 g/mol. The molecule has 1 aromatic heterocycles. The van der Waals surface area contributed by atoms with E-state index in [1.54, 1.807) is 0 Å². The van der Waals surface area contributed by atoms with E-state index in [2.05, 4.69) is 36.4 Å². The van der Waals surface area contributed by atoms with Crippen molar-refractivity contribution in [2.45, 2.75) is 73.3 Å². The van der Waals surface area contributed by atoms with Crippen LogP contribution in [0.5, 0.6) is 0 Å². The molecule has 1 aliphatic carbocycles. The predicted octanol–water partition coefficient (Wildman–Crippen LogP) is 3.49. The topological polar surface area (TPSA) is 59.8 Å². The second-order valence-corrected chi connectivity index (χ2v) is 6.67. The lowest BCUT2D eigenvalue weighted by Crippen LogP contribution is -2.33. The van der Waals surface area contributed by atoms with Crippen LogP contribution in [0.15, 0.2) is 6.20 Å². The summed E-state index contributed by atoms with van der Waals surface area (Å²) in [4.78, 5) is 11.1. The lowest BCUT2D eigenvalue weighted by atomic mass is 9.67. The van der Waals surface area contributed by atoms with Gasteiger partial charge in [0.15, 0.2) is 0 Å². The quantitative estimate of drug-likeness (QED) is 0.616. The van der Waals surface area contributed by atoms with Crippen molar-refractivity contribution in [3.63, 3.8) is 0 Å². The molecule has 0 unspecified atom stereocenters. The molecule has 0 radical (unpaired) electrons. The Morgan fingerprint density at radius 3 is 2.39 bits per heavy atom. The van der Waals surface area contributed by atoms with E-state index in [0.717, 1.165) is 63.1 Å². The van der Waals surface area contributed by atoms with Crippen LogP contribution in [0.3, 0.4) is 0 Å². The van der Waals surface area contributed by atoms with Crippen LogP contribution in [-0.2, 0) is 17.8 Å². The molecule has 1 N–H and O–H groups in total. The largest absolute Gasteiger partial charge is 0.320 e. The van der Waals surface area contributed by atoms with Gasteiger partial charge in [-0.2, -0.15) is 0 Å². The van der Waals surface area contributed by atoms with Crippen molar-refractivity contribution in [1.29, 1.82) is 0 Å². The van der Waals surface area contributed by atoms with Gasteiger partial charge in [-0.1, -0.05) is 46.3 Å². The van der Waals surface area contributed by atoms with Crippen molar-refractivity contribution in [2.75, 3.05) is 13.6 Å².